The second-order valence-electron chi connectivity index (χ2n) is 5.83. The zero-order valence-electron chi connectivity index (χ0n) is 13.2. The summed E-state index contributed by atoms with van der Waals surface area (Å²) in [5.41, 5.74) is 0.291. The van der Waals surface area contributed by atoms with E-state index in [1.54, 1.807) is 11.8 Å². The number of aromatic nitrogens is 2. The molecule has 1 fully saturated rings. The summed E-state index contributed by atoms with van der Waals surface area (Å²) < 4.78 is 5.45. The van der Waals surface area contributed by atoms with Gasteiger partial charge in [0.25, 0.3) is 0 Å². The minimum absolute atomic E-state index is 0.291. The Kier molecular flexibility index (Phi) is 6.11. The SMILES string of the molecule is CCCNc1cc(NCC2(C)CCOCC2)nc(SC)n1. The Balaban J connectivity index is 2.00. The molecular weight excluding hydrogens is 284 g/mol. The molecule has 0 aromatic carbocycles. The highest BCUT2D eigenvalue weighted by Crippen LogP contribution is 2.30. The fourth-order valence-corrected chi connectivity index (χ4v) is 2.67. The Bertz CT molecular complexity index is 449. The van der Waals surface area contributed by atoms with Crippen LogP contribution in [0.1, 0.15) is 33.1 Å². The highest BCUT2D eigenvalue weighted by Gasteiger charge is 2.27. The van der Waals surface area contributed by atoms with Crippen molar-refractivity contribution in [2.75, 3.05) is 43.2 Å². The van der Waals surface area contributed by atoms with E-state index in [4.69, 9.17) is 4.74 Å². The summed E-state index contributed by atoms with van der Waals surface area (Å²) in [6.07, 6.45) is 5.28. The van der Waals surface area contributed by atoms with Gasteiger partial charge in [-0.2, -0.15) is 0 Å². The number of anilines is 2. The van der Waals surface area contributed by atoms with Gasteiger partial charge in [0.15, 0.2) is 5.16 Å². The van der Waals surface area contributed by atoms with Crippen LogP contribution in [-0.2, 0) is 4.74 Å². The minimum atomic E-state index is 0.291. The molecular formula is C15H26N4OS. The topological polar surface area (TPSA) is 59.1 Å². The molecule has 1 aromatic heterocycles. The molecule has 0 unspecified atom stereocenters. The number of rotatable bonds is 7. The highest BCUT2D eigenvalue weighted by atomic mass is 32.2. The minimum Gasteiger partial charge on any atom is -0.381 e. The van der Waals surface area contributed by atoms with E-state index in [0.29, 0.717) is 5.41 Å². The van der Waals surface area contributed by atoms with Crippen LogP contribution >= 0.6 is 11.8 Å². The van der Waals surface area contributed by atoms with Gasteiger partial charge in [-0.25, -0.2) is 9.97 Å². The number of hydrogen-bond acceptors (Lipinski definition) is 6. The zero-order valence-corrected chi connectivity index (χ0v) is 14.1. The first-order valence-electron chi connectivity index (χ1n) is 7.64. The van der Waals surface area contributed by atoms with Gasteiger partial charge in [0.2, 0.25) is 0 Å². The van der Waals surface area contributed by atoms with Crippen LogP contribution in [0.4, 0.5) is 11.6 Å². The maximum absolute atomic E-state index is 5.45. The largest absolute Gasteiger partial charge is 0.381 e. The molecule has 0 bridgehead atoms. The number of nitrogens with one attached hydrogen (secondary N) is 2. The number of ether oxygens (including phenoxy) is 1. The van der Waals surface area contributed by atoms with Crippen molar-refractivity contribution in [2.45, 2.75) is 38.3 Å². The molecule has 5 nitrogen and oxygen atoms in total. The normalized spacial score (nSPS) is 17.5. The van der Waals surface area contributed by atoms with Crippen LogP contribution in [0.15, 0.2) is 11.2 Å². The lowest BCUT2D eigenvalue weighted by atomic mass is 9.82. The molecule has 21 heavy (non-hydrogen) atoms. The van der Waals surface area contributed by atoms with Crippen molar-refractivity contribution in [1.82, 2.24) is 9.97 Å². The van der Waals surface area contributed by atoms with E-state index in [1.165, 1.54) is 0 Å². The summed E-state index contributed by atoms with van der Waals surface area (Å²) in [6.45, 7) is 8.04. The third-order valence-corrected chi connectivity index (χ3v) is 4.39. The van der Waals surface area contributed by atoms with Gasteiger partial charge in [0, 0.05) is 32.4 Å². The summed E-state index contributed by atoms with van der Waals surface area (Å²) in [5, 5.41) is 7.62. The number of hydrogen-bond donors (Lipinski definition) is 2. The molecule has 0 atom stereocenters. The maximum Gasteiger partial charge on any atom is 0.191 e. The fraction of sp³-hybridized carbons (Fsp3) is 0.733. The summed E-state index contributed by atoms with van der Waals surface area (Å²) in [5.74, 6) is 1.80. The second kappa shape index (κ2) is 7.84. The molecule has 0 spiro atoms. The van der Waals surface area contributed by atoms with E-state index in [-0.39, 0.29) is 0 Å². The van der Waals surface area contributed by atoms with E-state index in [9.17, 15) is 0 Å². The molecule has 118 valence electrons. The van der Waals surface area contributed by atoms with E-state index < -0.39 is 0 Å². The van der Waals surface area contributed by atoms with Gasteiger partial charge in [-0.05, 0) is 30.9 Å². The van der Waals surface area contributed by atoms with Crippen LogP contribution in [0, 0.1) is 5.41 Å². The molecule has 0 amide bonds. The molecule has 0 aliphatic carbocycles. The van der Waals surface area contributed by atoms with Crippen LogP contribution in [-0.4, -0.2) is 42.5 Å². The Morgan fingerprint density at radius 2 is 1.90 bits per heavy atom. The van der Waals surface area contributed by atoms with Crippen molar-refractivity contribution in [2.24, 2.45) is 5.41 Å². The van der Waals surface area contributed by atoms with Crippen molar-refractivity contribution in [1.29, 1.82) is 0 Å². The van der Waals surface area contributed by atoms with Crippen LogP contribution in [0.5, 0.6) is 0 Å². The summed E-state index contributed by atoms with van der Waals surface area (Å²) in [4.78, 5) is 9.03. The average molecular weight is 310 g/mol. The van der Waals surface area contributed by atoms with E-state index in [0.717, 1.165) is 62.4 Å². The Hall–Kier alpha value is -1.01. The van der Waals surface area contributed by atoms with E-state index >= 15 is 0 Å². The Morgan fingerprint density at radius 1 is 1.24 bits per heavy atom. The molecule has 2 N–H and O–H groups in total. The van der Waals surface area contributed by atoms with E-state index in [2.05, 4.69) is 34.4 Å². The molecule has 2 rings (SSSR count). The summed E-state index contributed by atoms with van der Waals surface area (Å²) >= 11 is 1.57. The highest BCUT2D eigenvalue weighted by molar-refractivity contribution is 7.98. The molecule has 6 heteroatoms. The number of thioether (sulfide) groups is 1. The summed E-state index contributed by atoms with van der Waals surface area (Å²) in [6, 6.07) is 2.00. The molecule has 1 aromatic rings. The van der Waals surface area contributed by atoms with Gasteiger partial charge >= 0.3 is 0 Å². The van der Waals surface area contributed by atoms with Crippen LogP contribution < -0.4 is 10.6 Å². The molecule has 2 heterocycles. The standard InChI is InChI=1S/C15H26N4OS/c1-4-7-16-12-10-13(19-14(18-12)21-3)17-11-15(2)5-8-20-9-6-15/h10H,4-9,11H2,1-3H3,(H2,16,17,18,19). The quantitative estimate of drug-likeness (QED) is 0.595. The monoisotopic (exact) mass is 310 g/mol. The first-order valence-corrected chi connectivity index (χ1v) is 8.86. The van der Waals surface area contributed by atoms with Crippen LogP contribution in [0.25, 0.3) is 0 Å². The Labute approximate surface area is 131 Å². The summed E-state index contributed by atoms with van der Waals surface area (Å²) in [7, 11) is 0. The number of nitrogens with zero attached hydrogens (tertiary/aromatic N) is 2. The first kappa shape index (κ1) is 16.4. The Morgan fingerprint density at radius 3 is 2.52 bits per heavy atom. The molecule has 0 saturated carbocycles. The average Bonchev–Trinajstić information content (AvgIpc) is 2.51. The van der Waals surface area contributed by atoms with Gasteiger partial charge in [0.05, 0.1) is 0 Å². The van der Waals surface area contributed by atoms with Crippen molar-refractivity contribution < 1.29 is 4.74 Å². The molecule has 0 radical (unpaired) electrons. The molecule has 1 saturated heterocycles. The first-order chi connectivity index (χ1) is 10.1. The fourth-order valence-electron chi connectivity index (χ4n) is 2.30. The third kappa shape index (κ3) is 5.04. The third-order valence-electron chi connectivity index (χ3n) is 3.84. The van der Waals surface area contributed by atoms with Crippen LogP contribution in [0.3, 0.4) is 0 Å². The molecule has 1 aliphatic rings. The van der Waals surface area contributed by atoms with Crippen LogP contribution in [0.2, 0.25) is 0 Å². The van der Waals surface area contributed by atoms with Crippen molar-refractivity contribution in [3.63, 3.8) is 0 Å². The predicted octanol–water partition coefficient (Wildman–Crippen LogP) is 3.25. The van der Waals surface area contributed by atoms with E-state index in [1.807, 2.05) is 12.3 Å². The lowest BCUT2D eigenvalue weighted by Gasteiger charge is -2.33. The zero-order chi connectivity index (χ0) is 15.1. The van der Waals surface area contributed by atoms with Gasteiger partial charge in [-0.3, -0.25) is 0 Å². The van der Waals surface area contributed by atoms with Gasteiger partial charge in [-0.1, -0.05) is 25.6 Å². The second-order valence-corrected chi connectivity index (χ2v) is 6.60. The van der Waals surface area contributed by atoms with Gasteiger partial charge < -0.3 is 15.4 Å². The van der Waals surface area contributed by atoms with Crippen molar-refractivity contribution in [3.05, 3.63) is 6.07 Å². The van der Waals surface area contributed by atoms with Crippen molar-refractivity contribution >= 4 is 23.4 Å². The van der Waals surface area contributed by atoms with Gasteiger partial charge in [-0.15, -0.1) is 0 Å². The van der Waals surface area contributed by atoms with Crippen molar-refractivity contribution in [3.8, 4) is 0 Å². The molecule has 1 aliphatic heterocycles. The maximum atomic E-state index is 5.45. The van der Waals surface area contributed by atoms with Gasteiger partial charge in [0.1, 0.15) is 11.6 Å². The predicted molar refractivity (Wildman–Crippen MR) is 89.2 cm³/mol. The lowest BCUT2D eigenvalue weighted by molar-refractivity contribution is 0.0299. The smallest absolute Gasteiger partial charge is 0.191 e. The lowest BCUT2D eigenvalue weighted by Crippen LogP contribution is -2.33.